The van der Waals surface area contributed by atoms with Gasteiger partial charge in [-0.2, -0.15) is 0 Å². The largest absolute Gasteiger partial charge is 0.503 e. The van der Waals surface area contributed by atoms with Crippen LogP contribution in [0.5, 0.6) is 11.5 Å². The van der Waals surface area contributed by atoms with Crippen LogP contribution in [0, 0.1) is 11.8 Å². The Kier molecular flexibility index (Phi) is 7.60. The van der Waals surface area contributed by atoms with Crippen LogP contribution in [-0.4, -0.2) is 43.2 Å². The van der Waals surface area contributed by atoms with Crippen molar-refractivity contribution >= 4 is 29.3 Å². The summed E-state index contributed by atoms with van der Waals surface area (Å²) in [6, 6.07) is 3.02. The Morgan fingerprint density at radius 2 is 1.97 bits per heavy atom. The molecule has 9 heteroatoms. The number of rotatable bonds is 6. The molecule has 1 aliphatic heterocycles. The Bertz CT molecular complexity index is 1090. The molecule has 2 N–H and O–H groups in total. The second-order valence-corrected chi connectivity index (χ2v) is 9.12. The van der Waals surface area contributed by atoms with Gasteiger partial charge in [-0.15, -0.1) is 0 Å². The van der Waals surface area contributed by atoms with E-state index in [2.05, 4.69) is 5.32 Å². The first kappa shape index (κ1) is 25.6. The van der Waals surface area contributed by atoms with Gasteiger partial charge in [0.25, 0.3) is 0 Å². The van der Waals surface area contributed by atoms with E-state index in [0.29, 0.717) is 29.8 Å². The SMILES string of the molecule is CC[C@@H](C)OC(=O)C1=C(C)NC2=C(C(=O)[C@@H](C(=O)OC)[C@@H](C)C2)[C@@H]1c1cc(Cl)c(O)c(OC)c1. The molecule has 0 aromatic heterocycles. The number of ketones is 1. The molecule has 8 nitrogen and oxygen atoms in total. The molecule has 4 atom stereocenters. The zero-order valence-corrected chi connectivity index (χ0v) is 20.9. The fraction of sp³-hybridized carbons (Fsp3) is 0.480. The number of hydrogen-bond donors (Lipinski definition) is 2. The van der Waals surface area contributed by atoms with E-state index in [9.17, 15) is 19.5 Å². The summed E-state index contributed by atoms with van der Waals surface area (Å²) >= 11 is 6.27. The maximum atomic E-state index is 13.7. The molecule has 1 aliphatic carbocycles. The molecular formula is C25H30ClNO7. The Morgan fingerprint density at radius 1 is 1.29 bits per heavy atom. The smallest absolute Gasteiger partial charge is 0.337 e. The molecule has 0 saturated carbocycles. The van der Waals surface area contributed by atoms with Gasteiger partial charge in [-0.1, -0.05) is 25.4 Å². The number of allylic oxidation sites excluding steroid dienone is 3. The average Bonchev–Trinajstić information content (AvgIpc) is 2.79. The second-order valence-electron chi connectivity index (χ2n) is 8.71. The molecule has 0 fully saturated rings. The maximum absolute atomic E-state index is 13.7. The standard InChI is InChI=1S/C25H30ClNO7/c1-7-12(3)34-25(31)19-13(4)27-16-8-11(2)18(24(30)33-6)23(29)21(16)20(19)14-9-15(26)22(28)17(10-14)32-5/h9-12,18,20,27-28H,7-8H2,1-6H3/t11-,12+,18-,20+/m0/s1. The number of nitrogens with one attached hydrogen (secondary N) is 1. The summed E-state index contributed by atoms with van der Waals surface area (Å²) in [5, 5.41) is 13.5. The number of halogens is 1. The van der Waals surface area contributed by atoms with Gasteiger partial charge in [0.15, 0.2) is 17.3 Å². The fourth-order valence-electron chi connectivity index (χ4n) is 4.53. The second kappa shape index (κ2) is 10.1. The molecule has 0 amide bonds. The van der Waals surface area contributed by atoms with Crippen LogP contribution in [0.2, 0.25) is 5.02 Å². The van der Waals surface area contributed by atoms with E-state index in [1.165, 1.54) is 26.4 Å². The lowest BCUT2D eigenvalue weighted by Gasteiger charge is -2.38. The first-order chi connectivity index (χ1) is 16.0. The van der Waals surface area contributed by atoms with Crippen molar-refractivity contribution in [2.45, 2.75) is 52.6 Å². The molecule has 0 bridgehead atoms. The van der Waals surface area contributed by atoms with Gasteiger partial charge in [0.05, 0.1) is 30.9 Å². The summed E-state index contributed by atoms with van der Waals surface area (Å²) < 4.78 is 15.8. The van der Waals surface area contributed by atoms with Crippen molar-refractivity contribution in [2.24, 2.45) is 11.8 Å². The minimum atomic E-state index is -1.01. The molecule has 0 unspecified atom stereocenters. The highest BCUT2D eigenvalue weighted by atomic mass is 35.5. The lowest BCUT2D eigenvalue weighted by Crippen LogP contribution is -2.43. The summed E-state index contributed by atoms with van der Waals surface area (Å²) in [7, 11) is 2.62. The third-order valence-corrected chi connectivity index (χ3v) is 6.74. The topological polar surface area (TPSA) is 111 Å². The highest BCUT2D eigenvalue weighted by Crippen LogP contribution is 2.48. The lowest BCUT2D eigenvalue weighted by molar-refractivity contribution is -0.151. The van der Waals surface area contributed by atoms with Gasteiger partial charge in [-0.25, -0.2) is 4.79 Å². The summed E-state index contributed by atoms with van der Waals surface area (Å²) in [5.74, 6) is -3.99. The van der Waals surface area contributed by atoms with Crippen LogP contribution in [0.3, 0.4) is 0 Å². The molecule has 2 aliphatic rings. The van der Waals surface area contributed by atoms with E-state index in [4.69, 9.17) is 25.8 Å². The van der Waals surface area contributed by atoms with Crippen molar-refractivity contribution in [1.29, 1.82) is 0 Å². The van der Waals surface area contributed by atoms with E-state index in [-0.39, 0.29) is 39.7 Å². The van der Waals surface area contributed by atoms with Gasteiger partial charge in [0.2, 0.25) is 0 Å². The lowest BCUT2D eigenvalue weighted by atomic mass is 9.69. The van der Waals surface area contributed by atoms with Gasteiger partial charge in [0, 0.05) is 22.9 Å². The average molecular weight is 492 g/mol. The first-order valence-electron chi connectivity index (χ1n) is 11.2. The molecular weight excluding hydrogens is 462 g/mol. The maximum Gasteiger partial charge on any atom is 0.337 e. The van der Waals surface area contributed by atoms with Gasteiger partial charge in [-0.05, 0) is 50.3 Å². The predicted molar refractivity (Wildman–Crippen MR) is 125 cm³/mol. The van der Waals surface area contributed by atoms with Crippen LogP contribution in [0.15, 0.2) is 34.7 Å². The zero-order chi connectivity index (χ0) is 25.3. The van der Waals surface area contributed by atoms with E-state index >= 15 is 0 Å². The van der Waals surface area contributed by atoms with Crippen LogP contribution in [-0.2, 0) is 23.9 Å². The summed E-state index contributed by atoms with van der Waals surface area (Å²) in [6.45, 7) is 7.23. The quantitative estimate of drug-likeness (QED) is 0.453. The van der Waals surface area contributed by atoms with Crippen LogP contribution in [0.1, 0.15) is 52.0 Å². The summed E-state index contributed by atoms with van der Waals surface area (Å²) in [6.07, 6.45) is 0.682. The Morgan fingerprint density at radius 3 is 2.56 bits per heavy atom. The zero-order valence-electron chi connectivity index (χ0n) is 20.2. The number of aromatic hydroxyl groups is 1. The molecule has 3 rings (SSSR count). The molecule has 0 saturated heterocycles. The first-order valence-corrected chi connectivity index (χ1v) is 11.5. The van der Waals surface area contributed by atoms with Crippen LogP contribution in [0.4, 0.5) is 0 Å². The Hall–Kier alpha value is -3.00. The number of dihydropyridines is 1. The molecule has 0 spiro atoms. The minimum absolute atomic E-state index is 0.00322. The number of phenolic OH excluding ortho intramolecular Hbond substituents is 1. The number of methoxy groups -OCH3 is 2. The molecule has 1 aromatic rings. The van der Waals surface area contributed by atoms with E-state index < -0.39 is 29.6 Å². The number of carbonyl (C=O) groups excluding carboxylic acids is 3. The number of ether oxygens (including phenoxy) is 3. The molecule has 1 aromatic carbocycles. The number of benzene rings is 1. The number of phenols is 1. The number of esters is 2. The predicted octanol–water partition coefficient (Wildman–Crippen LogP) is 4.01. The molecule has 184 valence electrons. The van der Waals surface area contributed by atoms with Crippen molar-refractivity contribution in [3.8, 4) is 11.5 Å². The van der Waals surface area contributed by atoms with Gasteiger partial charge in [-0.3, -0.25) is 9.59 Å². The highest BCUT2D eigenvalue weighted by Gasteiger charge is 2.47. The van der Waals surface area contributed by atoms with Crippen LogP contribution < -0.4 is 10.1 Å². The monoisotopic (exact) mass is 491 g/mol. The van der Waals surface area contributed by atoms with Crippen LogP contribution in [0.25, 0.3) is 0 Å². The minimum Gasteiger partial charge on any atom is -0.503 e. The Balaban J connectivity index is 2.25. The summed E-state index contributed by atoms with van der Waals surface area (Å²) in [5.41, 5.74) is 2.13. The number of Topliss-reactive ketones (excluding diaryl/α,β-unsaturated/α-hetero) is 1. The summed E-state index contributed by atoms with van der Waals surface area (Å²) in [4.78, 5) is 39.6. The van der Waals surface area contributed by atoms with Gasteiger partial charge in [0.1, 0.15) is 5.92 Å². The molecule has 0 radical (unpaired) electrons. The van der Waals surface area contributed by atoms with Crippen molar-refractivity contribution in [1.82, 2.24) is 5.32 Å². The molecule has 1 heterocycles. The third kappa shape index (κ3) is 4.51. The van der Waals surface area contributed by atoms with E-state index in [1.807, 2.05) is 13.8 Å². The highest BCUT2D eigenvalue weighted by molar-refractivity contribution is 6.32. The third-order valence-electron chi connectivity index (χ3n) is 6.45. The van der Waals surface area contributed by atoms with E-state index in [0.717, 1.165) is 0 Å². The fourth-order valence-corrected chi connectivity index (χ4v) is 4.75. The van der Waals surface area contributed by atoms with Gasteiger partial charge >= 0.3 is 11.9 Å². The Labute approximate surface area is 203 Å². The normalized spacial score (nSPS) is 23.1. The van der Waals surface area contributed by atoms with Crippen LogP contribution >= 0.6 is 11.6 Å². The molecule has 34 heavy (non-hydrogen) atoms. The van der Waals surface area contributed by atoms with Crippen molar-refractivity contribution < 1.29 is 33.7 Å². The van der Waals surface area contributed by atoms with Crippen molar-refractivity contribution in [2.75, 3.05) is 14.2 Å². The van der Waals surface area contributed by atoms with Crippen molar-refractivity contribution in [3.05, 3.63) is 45.3 Å². The number of hydrogen-bond acceptors (Lipinski definition) is 8. The van der Waals surface area contributed by atoms with Crippen molar-refractivity contribution in [3.63, 3.8) is 0 Å². The van der Waals surface area contributed by atoms with Gasteiger partial charge < -0.3 is 24.6 Å². The number of carbonyl (C=O) groups is 3. The van der Waals surface area contributed by atoms with E-state index in [1.54, 1.807) is 13.8 Å².